The van der Waals surface area contributed by atoms with Crippen molar-refractivity contribution in [3.63, 3.8) is 0 Å². The zero-order chi connectivity index (χ0) is 11.5. The van der Waals surface area contributed by atoms with Gasteiger partial charge in [0.2, 0.25) is 0 Å². The number of ether oxygens (including phenoxy) is 1. The Hall–Kier alpha value is -1.22. The van der Waals surface area contributed by atoms with Crippen molar-refractivity contribution in [3.8, 4) is 5.75 Å². The minimum absolute atomic E-state index is 0.197. The van der Waals surface area contributed by atoms with E-state index in [4.69, 9.17) is 26.2 Å². The molecule has 1 unspecified atom stereocenters. The zero-order valence-electron chi connectivity index (χ0n) is 8.60. The first-order valence-electron chi connectivity index (χ1n) is 4.68. The number of carbonyl (C=O) groups is 1. The highest BCUT2D eigenvalue weighted by atomic mass is 35.5. The van der Waals surface area contributed by atoms with Crippen LogP contribution in [0.1, 0.15) is 19.8 Å². The monoisotopic (exact) mass is 230 g/mol. The topological polar surface area (TPSA) is 46.5 Å². The molecule has 1 atom stereocenters. The summed E-state index contributed by atoms with van der Waals surface area (Å²) in [7, 11) is 0. The van der Waals surface area contributed by atoms with Gasteiger partial charge in [-0.05, 0) is 18.6 Å². The van der Waals surface area contributed by atoms with Crippen LogP contribution in [0.25, 0.3) is 0 Å². The molecule has 0 bridgehead atoms. The molecule has 0 aliphatic rings. The summed E-state index contributed by atoms with van der Waals surface area (Å²) in [5, 5.41) is 6.89. The largest absolute Gasteiger partial charge is 0.483 e. The second kappa shape index (κ2) is 9.34. The SMILES string of the molecule is CCCC(Cl)Oc1ccccc1.O=CO. The van der Waals surface area contributed by atoms with Crippen molar-refractivity contribution in [2.24, 2.45) is 0 Å². The van der Waals surface area contributed by atoms with Gasteiger partial charge < -0.3 is 9.84 Å². The number of benzene rings is 1. The molecule has 3 nitrogen and oxygen atoms in total. The molecule has 1 aromatic carbocycles. The summed E-state index contributed by atoms with van der Waals surface area (Å²) >= 11 is 5.89. The first kappa shape index (κ1) is 13.8. The molecule has 0 aromatic heterocycles. The van der Waals surface area contributed by atoms with Gasteiger partial charge in [0.1, 0.15) is 5.75 Å². The van der Waals surface area contributed by atoms with Crippen LogP contribution in [0.3, 0.4) is 0 Å². The third-order valence-electron chi connectivity index (χ3n) is 1.52. The van der Waals surface area contributed by atoms with Crippen LogP contribution in [0.2, 0.25) is 0 Å². The highest BCUT2D eigenvalue weighted by molar-refractivity contribution is 6.19. The molecule has 0 saturated heterocycles. The van der Waals surface area contributed by atoms with Gasteiger partial charge in [-0.3, -0.25) is 4.79 Å². The Kier molecular flexibility index (Phi) is 8.58. The minimum Gasteiger partial charge on any atom is -0.483 e. The number of para-hydroxylation sites is 1. The Morgan fingerprint density at radius 3 is 2.47 bits per heavy atom. The molecule has 0 spiro atoms. The third-order valence-corrected chi connectivity index (χ3v) is 1.83. The molecule has 0 fully saturated rings. The van der Waals surface area contributed by atoms with Crippen LogP contribution in [0.15, 0.2) is 30.3 Å². The first-order chi connectivity index (χ1) is 7.24. The van der Waals surface area contributed by atoms with Gasteiger partial charge in [0, 0.05) is 0 Å². The number of halogens is 1. The quantitative estimate of drug-likeness (QED) is 0.639. The number of carboxylic acid groups (broad SMARTS) is 1. The highest BCUT2D eigenvalue weighted by Gasteiger charge is 2.02. The second-order valence-corrected chi connectivity index (χ2v) is 3.22. The van der Waals surface area contributed by atoms with Gasteiger partial charge in [-0.25, -0.2) is 0 Å². The molecule has 1 rings (SSSR count). The summed E-state index contributed by atoms with van der Waals surface area (Å²) < 4.78 is 5.42. The van der Waals surface area contributed by atoms with Crippen LogP contribution in [0, 0.1) is 0 Å². The smallest absolute Gasteiger partial charge is 0.290 e. The predicted octanol–water partition coefficient (Wildman–Crippen LogP) is 3.13. The molecular weight excluding hydrogens is 216 g/mol. The normalized spacial score (nSPS) is 10.8. The van der Waals surface area contributed by atoms with E-state index in [2.05, 4.69) is 6.92 Å². The van der Waals surface area contributed by atoms with E-state index in [0.717, 1.165) is 18.6 Å². The molecule has 0 aliphatic heterocycles. The molecule has 0 amide bonds. The summed E-state index contributed by atoms with van der Waals surface area (Å²) in [6, 6.07) is 9.64. The lowest BCUT2D eigenvalue weighted by molar-refractivity contribution is -0.122. The lowest BCUT2D eigenvalue weighted by Crippen LogP contribution is -2.07. The van der Waals surface area contributed by atoms with Gasteiger partial charge in [0.05, 0.1) is 0 Å². The Balaban J connectivity index is 0.000000583. The van der Waals surface area contributed by atoms with Gasteiger partial charge in [0.25, 0.3) is 6.47 Å². The molecule has 0 aliphatic carbocycles. The van der Waals surface area contributed by atoms with Gasteiger partial charge in [0.15, 0.2) is 5.56 Å². The van der Waals surface area contributed by atoms with Crippen LogP contribution in [0.4, 0.5) is 0 Å². The molecule has 84 valence electrons. The second-order valence-electron chi connectivity index (χ2n) is 2.74. The number of rotatable bonds is 4. The van der Waals surface area contributed by atoms with Crippen LogP contribution in [-0.4, -0.2) is 17.1 Å². The van der Waals surface area contributed by atoms with Crippen LogP contribution in [0.5, 0.6) is 5.75 Å². The summed E-state index contributed by atoms with van der Waals surface area (Å²) in [5.74, 6) is 0.839. The molecule has 4 heteroatoms. The van der Waals surface area contributed by atoms with E-state index in [1.807, 2.05) is 30.3 Å². The van der Waals surface area contributed by atoms with E-state index in [1.165, 1.54) is 0 Å². The number of hydrogen-bond acceptors (Lipinski definition) is 2. The maximum absolute atomic E-state index is 8.36. The Labute approximate surface area is 94.6 Å². The average molecular weight is 231 g/mol. The van der Waals surface area contributed by atoms with Crippen LogP contribution in [-0.2, 0) is 4.79 Å². The van der Waals surface area contributed by atoms with E-state index in [1.54, 1.807) is 0 Å². The highest BCUT2D eigenvalue weighted by Crippen LogP contribution is 2.15. The van der Waals surface area contributed by atoms with Crippen molar-refractivity contribution in [2.75, 3.05) is 0 Å². The van der Waals surface area contributed by atoms with E-state index in [-0.39, 0.29) is 12.0 Å². The number of hydrogen-bond donors (Lipinski definition) is 1. The fraction of sp³-hybridized carbons (Fsp3) is 0.364. The van der Waals surface area contributed by atoms with Crippen LogP contribution >= 0.6 is 11.6 Å². The standard InChI is InChI=1S/C10H13ClO.CH2O2/c1-2-6-10(11)12-9-7-4-3-5-8-9;2-1-3/h3-5,7-8,10H,2,6H2,1H3;1H,(H,2,3). The lowest BCUT2D eigenvalue weighted by Gasteiger charge is -2.10. The first-order valence-corrected chi connectivity index (χ1v) is 5.11. The minimum atomic E-state index is -0.250. The molecule has 0 saturated carbocycles. The van der Waals surface area contributed by atoms with Gasteiger partial charge in [-0.2, -0.15) is 0 Å². The summed E-state index contributed by atoms with van der Waals surface area (Å²) in [6.45, 7) is 1.84. The Morgan fingerprint density at radius 2 is 2.00 bits per heavy atom. The van der Waals surface area contributed by atoms with Crippen molar-refractivity contribution < 1.29 is 14.6 Å². The van der Waals surface area contributed by atoms with E-state index < -0.39 is 0 Å². The average Bonchev–Trinajstić information content (AvgIpc) is 2.20. The van der Waals surface area contributed by atoms with Gasteiger partial charge in [-0.15, -0.1) is 0 Å². The molecule has 0 radical (unpaired) electrons. The lowest BCUT2D eigenvalue weighted by atomic mass is 10.3. The summed E-state index contributed by atoms with van der Waals surface area (Å²) in [5.41, 5.74) is -0.197. The van der Waals surface area contributed by atoms with Gasteiger partial charge >= 0.3 is 0 Å². The van der Waals surface area contributed by atoms with E-state index in [0.29, 0.717) is 0 Å². The summed E-state index contributed by atoms with van der Waals surface area (Å²) in [4.78, 5) is 8.36. The third kappa shape index (κ3) is 7.82. The van der Waals surface area contributed by atoms with Gasteiger partial charge in [-0.1, -0.05) is 43.1 Å². The maximum atomic E-state index is 8.36. The molecule has 1 aromatic rings. The number of alkyl halides is 1. The van der Waals surface area contributed by atoms with Crippen molar-refractivity contribution in [3.05, 3.63) is 30.3 Å². The van der Waals surface area contributed by atoms with E-state index in [9.17, 15) is 0 Å². The van der Waals surface area contributed by atoms with E-state index >= 15 is 0 Å². The fourth-order valence-corrected chi connectivity index (χ4v) is 1.25. The Morgan fingerprint density at radius 1 is 1.47 bits per heavy atom. The van der Waals surface area contributed by atoms with Crippen LogP contribution < -0.4 is 4.74 Å². The zero-order valence-corrected chi connectivity index (χ0v) is 9.35. The summed E-state index contributed by atoms with van der Waals surface area (Å²) in [6.07, 6.45) is 1.93. The molecular formula is C11H15ClO3. The molecule has 0 heterocycles. The molecule has 1 N–H and O–H groups in total. The van der Waals surface area contributed by atoms with Crippen molar-refractivity contribution in [1.29, 1.82) is 0 Å². The fourth-order valence-electron chi connectivity index (χ4n) is 0.933. The predicted molar refractivity (Wildman–Crippen MR) is 60.3 cm³/mol. The van der Waals surface area contributed by atoms with Crippen molar-refractivity contribution in [2.45, 2.75) is 25.3 Å². The van der Waals surface area contributed by atoms with Crippen molar-refractivity contribution >= 4 is 18.1 Å². The maximum Gasteiger partial charge on any atom is 0.290 e. The van der Waals surface area contributed by atoms with Crippen molar-refractivity contribution in [1.82, 2.24) is 0 Å². The Bertz CT molecular complexity index is 251. The molecule has 15 heavy (non-hydrogen) atoms.